The van der Waals surface area contributed by atoms with E-state index in [0.717, 1.165) is 5.69 Å². The minimum absolute atomic E-state index is 0.266. The first-order valence-electron chi connectivity index (χ1n) is 5.73. The van der Waals surface area contributed by atoms with Gasteiger partial charge >= 0.3 is 0 Å². The maximum Gasteiger partial charge on any atom is 0.205 e. The van der Waals surface area contributed by atoms with Crippen LogP contribution in [0.2, 0.25) is 0 Å². The molecule has 2 N–H and O–H groups in total. The van der Waals surface area contributed by atoms with Crippen LogP contribution in [0.1, 0.15) is 5.56 Å². The molecular weight excluding hydrogens is 323 g/mol. The van der Waals surface area contributed by atoms with Gasteiger partial charge in [-0.05, 0) is 46.3 Å². The van der Waals surface area contributed by atoms with Crippen LogP contribution < -0.4 is 5.73 Å². The Hall–Kier alpha value is -2.39. The van der Waals surface area contributed by atoms with E-state index in [4.69, 9.17) is 11.0 Å². The second-order valence-electron chi connectivity index (χ2n) is 4.22. The van der Waals surface area contributed by atoms with E-state index in [1.54, 1.807) is 34.9 Å². The molecule has 0 aliphatic rings. The lowest BCUT2D eigenvalue weighted by Crippen LogP contribution is -2.00. The SMILES string of the molecule is N#Cc1ccc(-n2c(N)nc3cc(F)c(Br)cc32)cc1. The third-order valence-electron chi connectivity index (χ3n) is 2.98. The Morgan fingerprint density at radius 1 is 1.25 bits per heavy atom. The molecule has 0 unspecified atom stereocenters. The molecule has 3 aromatic rings. The van der Waals surface area contributed by atoms with Crippen LogP contribution in [-0.2, 0) is 0 Å². The average Bonchev–Trinajstić information content (AvgIpc) is 2.75. The Balaban J connectivity index is 2.27. The van der Waals surface area contributed by atoms with Gasteiger partial charge in [-0.1, -0.05) is 0 Å². The van der Waals surface area contributed by atoms with E-state index in [1.165, 1.54) is 6.07 Å². The Morgan fingerprint density at radius 3 is 2.60 bits per heavy atom. The van der Waals surface area contributed by atoms with Crippen LogP contribution in [0.3, 0.4) is 0 Å². The van der Waals surface area contributed by atoms with Gasteiger partial charge in [0.2, 0.25) is 5.95 Å². The van der Waals surface area contributed by atoms with Crippen molar-refractivity contribution in [2.45, 2.75) is 0 Å². The van der Waals surface area contributed by atoms with Crippen LogP contribution in [-0.4, -0.2) is 9.55 Å². The van der Waals surface area contributed by atoms with Crippen LogP contribution in [0.15, 0.2) is 40.9 Å². The highest BCUT2D eigenvalue weighted by Gasteiger charge is 2.13. The van der Waals surface area contributed by atoms with Gasteiger partial charge in [0.25, 0.3) is 0 Å². The third-order valence-corrected chi connectivity index (χ3v) is 3.58. The number of halogens is 2. The molecule has 0 aliphatic carbocycles. The van der Waals surface area contributed by atoms with Gasteiger partial charge in [-0.3, -0.25) is 4.57 Å². The number of nitrogen functional groups attached to an aromatic ring is 1. The number of nitrogens with two attached hydrogens (primary N) is 1. The molecule has 3 rings (SSSR count). The molecule has 0 saturated carbocycles. The molecule has 1 heterocycles. The van der Waals surface area contributed by atoms with Crippen molar-refractivity contribution < 1.29 is 4.39 Å². The standard InChI is InChI=1S/C14H8BrFN4/c15-10-5-13-12(6-11(10)16)19-14(18)20(13)9-3-1-8(7-17)2-4-9/h1-6H,(H2,18,19). The molecule has 0 atom stereocenters. The maximum atomic E-state index is 13.5. The van der Waals surface area contributed by atoms with Crippen LogP contribution in [0.5, 0.6) is 0 Å². The lowest BCUT2D eigenvalue weighted by Gasteiger charge is -2.06. The number of aromatic nitrogens is 2. The van der Waals surface area contributed by atoms with E-state index < -0.39 is 0 Å². The van der Waals surface area contributed by atoms with Crippen molar-refractivity contribution >= 4 is 32.9 Å². The fourth-order valence-electron chi connectivity index (χ4n) is 2.05. The molecule has 0 saturated heterocycles. The predicted octanol–water partition coefficient (Wildman–Crippen LogP) is 3.38. The molecule has 4 nitrogen and oxygen atoms in total. The van der Waals surface area contributed by atoms with E-state index in [2.05, 4.69) is 27.0 Å². The molecule has 2 aromatic carbocycles. The van der Waals surface area contributed by atoms with Crippen molar-refractivity contribution in [3.8, 4) is 11.8 Å². The fourth-order valence-corrected chi connectivity index (χ4v) is 2.38. The van der Waals surface area contributed by atoms with Crippen LogP contribution in [0.25, 0.3) is 16.7 Å². The second kappa shape index (κ2) is 4.62. The summed E-state index contributed by atoms with van der Waals surface area (Å²) in [6.07, 6.45) is 0. The minimum atomic E-state index is -0.387. The number of imidazole rings is 1. The van der Waals surface area contributed by atoms with Crippen molar-refractivity contribution in [2.24, 2.45) is 0 Å². The zero-order valence-electron chi connectivity index (χ0n) is 10.1. The Kier molecular flexibility index (Phi) is 2.92. The van der Waals surface area contributed by atoms with Crippen LogP contribution in [0, 0.1) is 17.1 Å². The molecule has 20 heavy (non-hydrogen) atoms. The van der Waals surface area contributed by atoms with E-state index in [0.29, 0.717) is 21.1 Å². The maximum absolute atomic E-state index is 13.5. The van der Waals surface area contributed by atoms with E-state index in [-0.39, 0.29) is 11.8 Å². The van der Waals surface area contributed by atoms with E-state index in [1.807, 2.05) is 0 Å². The zero-order chi connectivity index (χ0) is 14.3. The highest BCUT2D eigenvalue weighted by atomic mass is 79.9. The number of benzene rings is 2. The fraction of sp³-hybridized carbons (Fsp3) is 0. The van der Waals surface area contributed by atoms with Gasteiger partial charge in [-0.2, -0.15) is 5.26 Å². The molecular formula is C14H8BrFN4. The van der Waals surface area contributed by atoms with Crippen molar-refractivity contribution in [3.05, 3.63) is 52.3 Å². The highest BCUT2D eigenvalue weighted by Crippen LogP contribution is 2.27. The third kappa shape index (κ3) is 1.92. The zero-order valence-corrected chi connectivity index (χ0v) is 11.7. The van der Waals surface area contributed by atoms with E-state index >= 15 is 0 Å². The summed E-state index contributed by atoms with van der Waals surface area (Å²) in [5.74, 6) is -0.121. The molecule has 0 radical (unpaired) electrons. The topological polar surface area (TPSA) is 67.6 Å². The van der Waals surface area contributed by atoms with Gasteiger partial charge in [0.15, 0.2) is 0 Å². The highest BCUT2D eigenvalue weighted by molar-refractivity contribution is 9.10. The number of anilines is 1. The van der Waals surface area contributed by atoms with Gasteiger partial charge in [0.1, 0.15) is 5.82 Å². The minimum Gasteiger partial charge on any atom is -0.369 e. The molecule has 6 heteroatoms. The van der Waals surface area contributed by atoms with Crippen molar-refractivity contribution in [1.82, 2.24) is 9.55 Å². The van der Waals surface area contributed by atoms with Crippen molar-refractivity contribution in [3.63, 3.8) is 0 Å². The lowest BCUT2D eigenvalue weighted by atomic mass is 10.2. The van der Waals surface area contributed by atoms with Crippen LogP contribution >= 0.6 is 15.9 Å². The molecule has 0 aliphatic heterocycles. The molecule has 0 bridgehead atoms. The molecule has 0 fully saturated rings. The lowest BCUT2D eigenvalue weighted by molar-refractivity contribution is 0.623. The Morgan fingerprint density at radius 2 is 1.95 bits per heavy atom. The number of hydrogen-bond donors (Lipinski definition) is 1. The first kappa shape index (κ1) is 12.6. The summed E-state index contributed by atoms with van der Waals surface area (Å²) < 4.78 is 15.6. The number of nitrogens with zero attached hydrogens (tertiary/aromatic N) is 3. The summed E-state index contributed by atoms with van der Waals surface area (Å²) in [5.41, 5.74) is 8.40. The van der Waals surface area contributed by atoms with Crippen LogP contribution in [0.4, 0.5) is 10.3 Å². The molecule has 0 spiro atoms. The average molecular weight is 331 g/mol. The molecule has 98 valence electrons. The van der Waals surface area contributed by atoms with Gasteiger partial charge in [0, 0.05) is 11.8 Å². The quantitative estimate of drug-likeness (QED) is 0.743. The summed E-state index contributed by atoms with van der Waals surface area (Å²) in [6, 6.07) is 11.9. The Bertz CT molecular complexity index is 846. The molecule has 1 aromatic heterocycles. The second-order valence-corrected chi connectivity index (χ2v) is 5.07. The summed E-state index contributed by atoms with van der Waals surface area (Å²) in [7, 11) is 0. The first-order valence-corrected chi connectivity index (χ1v) is 6.53. The first-order chi connectivity index (χ1) is 9.60. The number of fused-ring (bicyclic) bond motifs is 1. The van der Waals surface area contributed by atoms with Gasteiger partial charge in [0.05, 0.1) is 27.1 Å². The smallest absolute Gasteiger partial charge is 0.205 e. The van der Waals surface area contributed by atoms with E-state index in [9.17, 15) is 4.39 Å². The van der Waals surface area contributed by atoms with Gasteiger partial charge in [-0.15, -0.1) is 0 Å². The van der Waals surface area contributed by atoms with Crippen molar-refractivity contribution in [2.75, 3.05) is 5.73 Å². The number of rotatable bonds is 1. The summed E-state index contributed by atoms with van der Waals surface area (Å²) in [6.45, 7) is 0. The number of nitriles is 1. The summed E-state index contributed by atoms with van der Waals surface area (Å²) in [5, 5.41) is 8.81. The molecule has 0 amide bonds. The predicted molar refractivity (Wildman–Crippen MR) is 77.9 cm³/mol. The monoisotopic (exact) mass is 330 g/mol. The van der Waals surface area contributed by atoms with Gasteiger partial charge < -0.3 is 5.73 Å². The normalized spacial score (nSPS) is 10.7. The van der Waals surface area contributed by atoms with Gasteiger partial charge in [-0.25, -0.2) is 9.37 Å². The largest absolute Gasteiger partial charge is 0.369 e. The Labute approximate surface area is 122 Å². The number of hydrogen-bond acceptors (Lipinski definition) is 3. The summed E-state index contributed by atoms with van der Waals surface area (Å²) in [4.78, 5) is 4.15. The van der Waals surface area contributed by atoms with Crippen molar-refractivity contribution in [1.29, 1.82) is 5.26 Å². The summed E-state index contributed by atoms with van der Waals surface area (Å²) >= 11 is 3.16.